The third kappa shape index (κ3) is 3.69. The molecule has 1 amide bonds. The van der Waals surface area contributed by atoms with Crippen LogP contribution in [0.3, 0.4) is 0 Å². The van der Waals surface area contributed by atoms with E-state index >= 15 is 0 Å². The topological polar surface area (TPSA) is 55.3 Å². The summed E-state index contributed by atoms with van der Waals surface area (Å²) in [5.41, 5.74) is 5.20. The van der Waals surface area contributed by atoms with Gasteiger partial charge in [-0.25, -0.2) is 0 Å². The number of ether oxygens (including phenoxy) is 1. The summed E-state index contributed by atoms with van der Waals surface area (Å²) in [4.78, 5) is 24.3. The molecule has 1 atom stereocenters. The monoisotopic (exact) mass is 363 g/mol. The van der Waals surface area contributed by atoms with Crippen LogP contribution in [-0.4, -0.2) is 41.5 Å². The first-order valence-electron chi connectivity index (χ1n) is 8.98. The normalized spacial score (nSPS) is 12.2. The molecular weight excluding hydrogens is 338 g/mol. The van der Waals surface area contributed by atoms with Gasteiger partial charge in [-0.1, -0.05) is 17.7 Å². The van der Waals surface area contributed by atoms with E-state index in [1.54, 1.807) is 25.3 Å². The second kappa shape index (κ2) is 7.84. The molecule has 3 aromatic rings. The fraction of sp³-hybridized carbons (Fsp3) is 0.318. The molecule has 0 saturated heterocycles. The maximum atomic E-state index is 13.5. The van der Waals surface area contributed by atoms with E-state index in [2.05, 4.69) is 9.97 Å². The van der Waals surface area contributed by atoms with Crippen LogP contribution in [0.4, 0.5) is 0 Å². The number of methoxy groups -OCH3 is 1. The minimum absolute atomic E-state index is 0.0543. The Morgan fingerprint density at radius 3 is 2.63 bits per heavy atom. The third-order valence-electron chi connectivity index (χ3n) is 4.98. The maximum absolute atomic E-state index is 13.5. The Balaban J connectivity index is 2.11. The number of fused-ring (bicyclic) bond motifs is 1. The van der Waals surface area contributed by atoms with Crippen LogP contribution in [0.1, 0.15) is 38.9 Å². The van der Waals surface area contributed by atoms with E-state index in [0.29, 0.717) is 12.2 Å². The number of carbonyl (C=O) groups is 1. The predicted molar refractivity (Wildman–Crippen MR) is 107 cm³/mol. The lowest BCUT2D eigenvalue weighted by atomic mass is 9.98. The quantitative estimate of drug-likeness (QED) is 0.687. The van der Waals surface area contributed by atoms with Crippen LogP contribution < -0.4 is 0 Å². The van der Waals surface area contributed by atoms with Crippen LogP contribution in [0.25, 0.3) is 10.9 Å². The van der Waals surface area contributed by atoms with E-state index in [9.17, 15) is 4.79 Å². The number of hydrogen-bond donors (Lipinski definition) is 0. The van der Waals surface area contributed by atoms with Crippen LogP contribution in [0, 0.1) is 20.8 Å². The van der Waals surface area contributed by atoms with Gasteiger partial charge in [-0.3, -0.25) is 14.8 Å². The molecule has 0 aliphatic carbocycles. The van der Waals surface area contributed by atoms with Gasteiger partial charge in [-0.05, 0) is 50.6 Å². The number of hydrogen-bond acceptors (Lipinski definition) is 4. The van der Waals surface area contributed by atoms with Crippen LogP contribution in [0.2, 0.25) is 0 Å². The second-order valence-electron chi connectivity index (χ2n) is 6.86. The largest absolute Gasteiger partial charge is 0.382 e. The van der Waals surface area contributed by atoms with Crippen LogP contribution in [0.15, 0.2) is 42.6 Å². The lowest BCUT2D eigenvalue weighted by Gasteiger charge is -2.28. The highest BCUT2D eigenvalue weighted by Gasteiger charge is 2.27. The number of carbonyl (C=O) groups excluding carboxylic acids is 1. The summed E-state index contributed by atoms with van der Waals surface area (Å²) in [6.45, 7) is 6.29. The number of pyridine rings is 2. The van der Waals surface area contributed by atoms with E-state index in [1.165, 1.54) is 0 Å². The molecule has 0 radical (unpaired) electrons. The number of rotatable bonds is 5. The number of aryl methyl sites for hydroxylation is 2. The van der Waals surface area contributed by atoms with E-state index in [0.717, 1.165) is 33.4 Å². The first-order valence-corrected chi connectivity index (χ1v) is 8.98. The Morgan fingerprint density at radius 2 is 1.96 bits per heavy atom. The summed E-state index contributed by atoms with van der Waals surface area (Å²) in [7, 11) is 3.44. The van der Waals surface area contributed by atoms with E-state index < -0.39 is 0 Å². The van der Waals surface area contributed by atoms with Gasteiger partial charge in [0.15, 0.2) is 0 Å². The van der Waals surface area contributed by atoms with Gasteiger partial charge in [0.1, 0.15) is 0 Å². The molecular formula is C22H25N3O2. The molecule has 27 heavy (non-hydrogen) atoms. The van der Waals surface area contributed by atoms with Crippen LogP contribution in [-0.2, 0) is 4.74 Å². The minimum Gasteiger partial charge on any atom is -0.382 e. The van der Waals surface area contributed by atoms with Crippen LogP contribution in [0.5, 0.6) is 0 Å². The lowest BCUT2D eigenvalue weighted by Crippen LogP contribution is -2.35. The molecule has 0 bridgehead atoms. The number of nitrogens with zero attached hydrogens (tertiary/aromatic N) is 3. The Kier molecular flexibility index (Phi) is 5.51. The Bertz CT molecular complexity index is 970. The summed E-state index contributed by atoms with van der Waals surface area (Å²) in [5, 5.41) is 0.882. The number of amides is 1. The van der Waals surface area contributed by atoms with Gasteiger partial charge in [0.2, 0.25) is 0 Å². The van der Waals surface area contributed by atoms with Crippen molar-refractivity contribution in [2.45, 2.75) is 26.8 Å². The molecule has 0 saturated carbocycles. The SMILES string of the molecule is COC[C@H](c1ccccn1)N(C)C(=O)c1c(C)c(C)nc2ccc(C)cc12. The van der Waals surface area contributed by atoms with Gasteiger partial charge in [0, 0.05) is 31.4 Å². The molecule has 2 aromatic heterocycles. The molecule has 2 heterocycles. The van der Waals surface area contributed by atoms with Crippen molar-refractivity contribution in [3.8, 4) is 0 Å². The molecule has 3 rings (SSSR count). The first-order chi connectivity index (χ1) is 12.9. The van der Waals surface area contributed by atoms with E-state index in [1.807, 2.05) is 57.2 Å². The smallest absolute Gasteiger partial charge is 0.255 e. The lowest BCUT2D eigenvalue weighted by molar-refractivity contribution is 0.0596. The highest BCUT2D eigenvalue weighted by molar-refractivity contribution is 6.07. The molecule has 0 spiro atoms. The van der Waals surface area contributed by atoms with E-state index in [-0.39, 0.29) is 11.9 Å². The fourth-order valence-electron chi connectivity index (χ4n) is 3.32. The first kappa shape index (κ1) is 19.0. The van der Waals surface area contributed by atoms with Crippen molar-refractivity contribution < 1.29 is 9.53 Å². The predicted octanol–water partition coefficient (Wildman–Crippen LogP) is 4.01. The summed E-state index contributed by atoms with van der Waals surface area (Å²) in [5.74, 6) is -0.0543. The minimum atomic E-state index is -0.267. The average Bonchev–Trinajstić information content (AvgIpc) is 2.67. The highest BCUT2D eigenvalue weighted by Crippen LogP contribution is 2.28. The Labute approximate surface area is 160 Å². The van der Waals surface area contributed by atoms with Crippen molar-refractivity contribution in [2.75, 3.05) is 20.8 Å². The van der Waals surface area contributed by atoms with Crippen LogP contribution >= 0.6 is 0 Å². The average molecular weight is 363 g/mol. The standard InChI is InChI=1S/C22H25N3O2/c1-14-9-10-18-17(12-14)21(15(2)16(3)24-18)22(26)25(4)20(13-27-5)19-8-6-7-11-23-19/h6-12,20H,13H2,1-5H3/t20-/m1/s1. The van der Waals surface area contributed by atoms with Gasteiger partial charge in [0.05, 0.1) is 29.4 Å². The molecule has 0 aliphatic heterocycles. The maximum Gasteiger partial charge on any atom is 0.255 e. The molecule has 1 aromatic carbocycles. The van der Waals surface area contributed by atoms with Crippen molar-refractivity contribution in [3.05, 3.63) is 70.7 Å². The summed E-state index contributed by atoms with van der Waals surface area (Å²) in [6, 6.07) is 11.5. The van der Waals surface area contributed by atoms with Gasteiger partial charge >= 0.3 is 0 Å². The van der Waals surface area contributed by atoms with Crippen molar-refractivity contribution in [1.29, 1.82) is 0 Å². The summed E-state index contributed by atoms with van der Waals surface area (Å²) < 4.78 is 5.38. The number of likely N-dealkylation sites (N-methyl/N-ethyl adjacent to an activating group) is 1. The van der Waals surface area contributed by atoms with Crippen molar-refractivity contribution in [2.24, 2.45) is 0 Å². The van der Waals surface area contributed by atoms with Crippen molar-refractivity contribution in [3.63, 3.8) is 0 Å². The molecule has 0 fully saturated rings. The summed E-state index contributed by atoms with van der Waals surface area (Å²) in [6.07, 6.45) is 1.73. The fourth-order valence-corrected chi connectivity index (χ4v) is 3.32. The zero-order chi connectivity index (χ0) is 19.6. The molecule has 0 aliphatic rings. The van der Waals surface area contributed by atoms with Gasteiger partial charge < -0.3 is 9.64 Å². The molecule has 5 nitrogen and oxygen atoms in total. The molecule has 0 unspecified atom stereocenters. The second-order valence-corrected chi connectivity index (χ2v) is 6.86. The summed E-state index contributed by atoms with van der Waals surface area (Å²) >= 11 is 0. The Hall–Kier alpha value is -2.79. The van der Waals surface area contributed by atoms with Crippen molar-refractivity contribution >= 4 is 16.8 Å². The molecule has 140 valence electrons. The van der Waals surface area contributed by atoms with Gasteiger partial charge in [-0.2, -0.15) is 0 Å². The van der Waals surface area contributed by atoms with E-state index in [4.69, 9.17) is 4.74 Å². The third-order valence-corrected chi connectivity index (χ3v) is 4.98. The highest BCUT2D eigenvalue weighted by atomic mass is 16.5. The zero-order valence-electron chi connectivity index (χ0n) is 16.5. The Morgan fingerprint density at radius 1 is 1.19 bits per heavy atom. The zero-order valence-corrected chi connectivity index (χ0v) is 16.5. The molecule has 5 heteroatoms. The van der Waals surface area contributed by atoms with Gasteiger partial charge in [-0.15, -0.1) is 0 Å². The van der Waals surface area contributed by atoms with Crippen molar-refractivity contribution in [1.82, 2.24) is 14.9 Å². The van der Waals surface area contributed by atoms with Gasteiger partial charge in [0.25, 0.3) is 5.91 Å². The number of aromatic nitrogens is 2. The number of benzene rings is 1. The molecule has 0 N–H and O–H groups in total.